The van der Waals surface area contributed by atoms with Crippen molar-refractivity contribution in [3.05, 3.63) is 40.9 Å². The van der Waals surface area contributed by atoms with Gasteiger partial charge in [0.25, 0.3) is 11.5 Å². The Morgan fingerprint density at radius 1 is 1.28 bits per heavy atom. The molecular weight excluding hydrogens is 328 g/mol. The third-order valence-corrected chi connectivity index (χ3v) is 3.40. The van der Waals surface area contributed by atoms with Crippen molar-refractivity contribution >= 4 is 28.8 Å². The number of urea groups is 1. The summed E-state index contributed by atoms with van der Waals surface area (Å²) in [6, 6.07) is 5.68. The molecule has 3 N–H and O–H groups in total. The smallest absolute Gasteiger partial charge is 0.326 e. The monoisotopic (exact) mass is 346 g/mol. The standard InChI is InChI=1S/C16H18N4O5/c1-9(2)13(14(22)19-16(17)24)25-12(21)7-20-8-18-11-6-4-3-5-10(11)15(20)23/h3-6,8-9,13H,7H2,1-2H3,(H3,17,19,22,24)/t13-/m0/s1. The van der Waals surface area contributed by atoms with Gasteiger partial charge in [-0.25, -0.2) is 9.78 Å². The lowest BCUT2D eigenvalue weighted by atomic mass is 10.1. The predicted octanol–water partition coefficient (Wildman–Crippen LogP) is 0.159. The third-order valence-electron chi connectivity index (χ3n) is 3.40. The lowest BCUT2D eigenvalue weighted by molar-refractivity contribution is -0.158. The van der Waals surface area contributed by atoms with Gasteiger partial charge in [0.05, 0.1) is 17.2 Å². The topological polar surface area (TPSA) is 133 Å². The van der Waals surface area contributed by atoms with Crippen LogP contribution in [0.5, 0.6) is 0 Å². The van der Waals surface area contributed by atoms with Crippen LogP contribution in [0.15, 0.2) is 35.4 Å². The Morgan fingerprint density at radius 2 is 1.96 bits per heavy atom. The lowest BCUT2D eigenvalue weighted by Crippen LogP contribution is -2.46. The summed E-state index contributed by atoms with van der Waals surface area (Å²) >= 11 is 0. The minimum Gasteiger partial charge on any atom is -0.451 e. The van der Waals surface area contributed by atoms with Crippen molar-refractivity contribution in [2.45, 2.75) is 26.5 Å². The van der Waals surface area contributed by atoms with E-state index in [-0.39, 0.29) is 0 Å². The molecule has 132 valence electrons. The van der Waals surface area contributed by atoms with Crippen LogP contribution >= 0.6 is 0 Å². The Balaban J connectivity index is 2.16. The molecular formula is C16H18N4O5. The molecule has 0 unspecified atom stereocenters. The summed E-state index contributed by atoms with van der Waals surface area (Å²) in [7, 11) is 0. The van der Waals surface area contributed by atoms with Gasteiger partial charge in [0.2, 0.25) is 0 Å². The normalized spacial score (nSPS) is 12.0. The van der Waals surface area contributed by atoms with Gasteiger partial charge in [-0.15, -0.1) is 0 Å². The fourth-order valence-corrected chi connectivity index (χ4v) is 2.22. The molecule has 0 aliphatic rings. The number of rotatable bonds is 5. The number of carbonyl (C=O) groups is 3. The van der Waals surface area contributed by atoms with Crippen molar-refractivity contribution < 1.29 is 19.1 Å². The fourth-order valence-electron chi connectivity index (χ4n) is 2.22. The van der Waals surface area contributed by atoms with Crippen molar-refractivity contribution in [2.75, 3.05) is 0 Å². The number of aromatic nitrogens is 2. The number of ether oxygens (including phenoxy) is 1. The summed E-state index contributed by atoms with van der Waals surface area (Å²) in [6.07, 6.45) is 0.0314. The zero-order chi connectivity index (χ0) is 18.6. The summed E-state index contributed by atoms with van der Waals surface area (Å²) in [5.74, 6) is -2.02. The van der Waals surface area contributed by atoms with Gasteiger partial charge in [-0.05, 0) is 18.1 Å². The second-order valence-electron chi connectivity index (χ2n) is 5.70. The Morgan fingerprint density at radius 3 is 2.60 bits per heavy atom. The number of nitrogens with two attached hydrogens (primary N) is 1. The average Bonchev–Trinajstić information content (AvgIpc) is 2.54. The van der Waals surface area contributed by atoms with Crippen molar-refractivity contribution in [1.82, 2.24) is 14.9 Å². The van der Waals surface area contributed by atoms with E-state index in [9.17, 15) is 19.2 Å². The summed E-state index contributed by atoms with van der Waals surface area (Å²) in [6.45, 7) is 2.87. The van der Waals surface area contributed by atoms with Crippen LogP contribution in [0.1, 0.15) is 13.8 Å². The number of para-hydroxylation sites is 1. The number of amides is 3. The van der Waals surface area contributed by atoms with Crippen LogP contribution in [0.4, 0.5) is 4.79 Å². The van der Waals surface area contributed by atoms with E-state index in [2.05, 4.69) is 4.98 Å². The quantitative estimate of drug-likeness (QED) is 0.741. The molecule has 2 aromatic rings. The maximum atomic E-state index is 12.3. The molecule has 3 amide bonds. The zero-order valence-corrected chi connectivity index (χ0v) is 13.8. The van der Waals surface area contributed by atoms with E-state index in [4.69, 9.17) is 10.5 Å². The van der Waals surface area contributed by atoms with Crippen LogP contribution in [0, 0.1) is 5.92 Å². The first-order valence-corrected chi connectivity index (χ1v) is 7.53. The lowest BCUT2D eigenvalue weighted by Gasteiger charge is -2.20. The van der Waals surface area contributed by atoms with Crippen molar-refractivity contribution in [3.63, 3.8) is 0 Å². The van der Waals surface area contributed by atoms with Gasteiger partial charge in [0.15, 0.2) is 6.10 Å². The van der Waals surface area contributed by atoms with Crippen LogP contribution in [0.3, 0.4) is 0 Å². The molecule has 1 aromatic heterocycles. The van der Waals surface area contributed by atoms with Crippen LogP contribution in [-0.2, 0) is 20.9 Å². The number of carbonyl (C=O) groups excluding carboxylic acids is 3. The molecule has 0 radical (unpaired) electrons. The Bertz CT molecular complexity index is 874. The molecule has 0 bridgehead atoms. The first-order valence-electron chi connectivity index (χ1n) is 7.53. The van der Waals surface area contributed by atoms with Crippen molar-refractivity contribution in [3.8, 4) is 0 Å². The fraction of sp³-hybridized carbons (Fsp3) is 0.312. The zero-order valence-electron chi connectivity index (χ0n) is 13.8. The molecule has 1 aromatic carbocycles. The number of nitrogens with one attached hydrogen (secondary N) is 1. The Hall–Kier alpha value is -3.23. The van der Waals surface area contributed by atoms with E-state index in [0.29, 0.717) is 10.9 Å². The molecule has 0 saturated heterocycles. The highest BCUT2D eigenvalue weighted by molar-refractivity contribution is 5.96. The predicted molar refractivity (Wildman–Crippen MR) is 88.4 cm³/mol. The molecule has 0 fully saturated rings. The maximum Gasteiger partial charge on any atom is 0.326 e. The maximum absolute atomic E-state index is 12.3. The number of benzene rings is 1. The van der Waals surface area contributed by atoms with Gasteiger partial charge < -0.3 is 10.5 Å². The van der Waals surface area contributed by atoms with Gasteiger partial charge in [-0.1, -0.05) is 26.0 Å². The molecule has 0 spiro atoms. The highest BCUT2D eigenvalue weighted by atomic mass is 16.5. The molecule has 1 atom stereocenters. The molecule has 0 saturated carbocycles. The van der Waals surface area contributed by atoms with E-state index >= 15 is 0 Å². The molecule has 0 aliphatic heterocycles. The first-order chi connectivity index (χ1) is 11.8. The first kappa shape index (κ1) is 18.1. The van der Waals surface area contributed by atoms with Gasteiger partial charge in [0.1, 0.15) is 6.54 Å². The van der Waals surface area contributed by atoms with Crippen LogP contribution in [0.25, 0.3) is 10.9 Å². The van der Waals surface area contributed by atoms with E-state index < -0.39 is 42.0 Å². The summed E-state index contributed by atoms with van der Waals surface area (Å²) in [4.78, 5) is 51.2. The van der Waals surface area contributed by atoms with E-state index in [1.54, 1.807) is 38.1 Å². The Kier molecular flexibility index (Phi) is 5.48. The van der Waals surface area contributed by atoms with Gasteiger partial charge in [-0.2, -0.15) is 0 Å². The summed E-state index contributed by atoms with van der Waals surface area (Å²) in [5.41, 5.74) is 5.01. The number of esters is 1. The molecule has 2 rings (SSSR count). The molecule has 1 heterocycles. The van der Waals surface area contributed by atoms with E-state index in [0.717, 1.165) is 4.57 Å². The van der Waals surface area contributed by atoms with Gasteiger partial charge >= 0.3 is 12.0 Å². The summed E-state index contributed by atoms with van der Waals surface area (Å²) < 4.78 is 6.19. The van der Waals surface area contributed by atoms with E-state index in [1.807, 2.05) is 5.32 Å². The number of imide groups is 1. The molecule has 9 heteroatoms. The minimum atomic E-state index is -1.20. The SMILES string of the molecule is CC(C)[C@H](OC(=O)Cn1cnc2ccccc2c1=O)C(=O)NC(N)=O. The Labute approximate surface area is 142 Å². The van der Waals surface area contributed by atoms with E-state index in [1.165, 1.54) is 6.33 Å². The number of primary amides is 1. The second kappa shape index (κ2) is 7.56. The van der Waals surface area contributed by atoms with Crippen molar-refractivity contribution in [2.24, 2.45) is 11.7 Å². The minimum absolute atomic E-state index is 0.365. The van der Waals surface area contributed by atoms with Gasteiger partial charge in [0, 0.05) is 0 Å². The highest BCUT2D eigenvalue weighted by Gasteiger charge is 2.27. The largest absolute Gasteiger partial charge is 0.451 e. The summed E-state index contributed by atoms with van der Waals surface area (Å²) in [5, 5.41) is 2.24. The van der Waals surface area contributed by atoms with Crippen molar-refractivity contribution in [1.29, 1.82) is 0 Å². The van der Waals surface area contributed by atoms with Gasteiger partial charge in [-0.3, -0.25) is 24.3 Å². The number of nitrogens with zero attached hydrogens (tertiary/aromatic N) is 2. The molecule has 25 heavy (non-hydrogen) atoms. The van der Waals surface area contributed by atoms with Crippen LogP contribution in [0.2, 0.25) is 0 Å². The van der Waals surface area contributed by atoms with Crippen LogP contribution < -0.4 is 16.6 Å². The molecule has 9 nitrogen and oxygen atoms in total. The number of fused-ring (bicyclic) bond motifs is 1. The van der Waals surface area contributed by atoms with Crippen LogP contribution in [-0.4, -0.2) is 33.6 Å². The highest BCUT2D eigenvalue weighted by Crippen LogP contribution is 2.09. The second-order valence-corrected chi connectivity index (χ2v) is 5.70. The molecule has 0 aliphatic carbocycles. The average molecular weight is 346 g/mol. The third kappa shape index (κ3) is 4.40. The number of hydrogen-bond donors (Lipinski definition) is 2. The number of hydrogen-bond acceptors (Lipinski definition) is 6.